The first kappa shape index (κ1) is 22.7. The fraction of sp³-hybridized carbons (Fsp3) is 0.280. The Labute approximate surface area is 206 Å². The van der Waals surface area contributed by atoms with Crippen LogP contribution in [0.25, 0.3) is 16.7 Å². The van der Waals surface area contributed by atoms with Gasteiger partial charge in [-0.1, -0.05) is 53.7 Å². The van der Waals surface area contributed by atoms with E-state index in [4.69, 9.17) is 16.6 Å². The summed E-state index contributed by atoms with van der Waals surface area (Å²) in [6.07, 6.45) is 3.55. The quantitative estimate of drug-likeness (QED) is 0.386. The van der Waals surface area contributed by atoms with Crippen LogP contribution in [-0.4, -0.2) is 37.0 Å². The van der Waals surface area contributed by atoms with Crippen molar-refractivity contribution in [1.29, 1.82) is 0 Å². The molecule has 0 aliphatic carbocycles. The summed E-state index contributed by atoms with van der Waals surface area (Å²) in [5.74, 6) is 0.581. The van der Waals surface area contributed by atoms with E-state index in [9.17, 15) is 9.59 Å². The van der Waals surface area contributed by atoms with Crippen LogP contribution in [-0.2, 0) is 11.2 Å². The Bertz CT molecular complexity index is 1380. The molecule has 1 amide bonds. The first-order valence-corrected chi connectivity index (χ1v) is 12.6. The van der Waals surface area contributed by atoms with Crippen molar-refractivity contribution in [3.05, 3.63) is 81.7 Å². The third-order valence-electron chi connectivity index (χ3n) is 5.98. The van der Waals surface area contributed by atoms with Gasteiger partial charge in [0, 0.05) is 23.2 Å². The molecule has 4 aromatic rings. The van der Waals surface area contributed by atoms with Crippen LogP contribution in [0.15, 0.2) is 70.7 Å². The highest BCUT2D eigenvalue weighted by atomic mass is 35.5. The van der Waals surface area contributed by atoms with Gasteiger partial charge in [-0.15, -0.1) is 0 Å². The first-order chi connectivity index (χ1) is 16.5. The van der Waals surface area contributed by atoms with Crippen LogP contribution >= 0.6 is 23.4 Å². The molecule has 0 spiro atoms. The van der Waals surface area contributed by atoms with Crippen LogP contribution in [0.4, 0.5) is 0 Å². The summed E-state index contributed by atoms with van der Waals surface area (Å²) in [4.78, 5) is 30.8. The zero-order valence-electron chi connectivity index (χ0n) is 18.6. The molecule has 9 heteroatoms. The molecule has 1 aliphatic heterocycles. The zero-order chi connectivity index (χ0) is 23.7. The van der Waals surface area contributed by atoms with Gasteiger partial charge in [0.05, 0.1) is 17.9 Å². The second kappa shape index (κ2) is 9.64. The van der Waals surface area contributed by atoms with Gasteiger partial charge >= 0.3 is 0 Å². The van der Waals surface area contributed by atoms with Gasteiger partial charge in [0.2, 0.25) is 5.91 Å². The number of hydrogen-bond donors (Lipinski definition) is 1. The van der Waals surface area contributed by atoms with Crippen molar-refractivity contribution in [2.24, 2.45) is 0 Å². The molecule has 34 heavy (non-hydrogen) atoms. The number of aromatic nitrogens is 4. The largest absolute Gasteiger partial charge is 0.354 e. The predicted octanol–water partition coefficient (Wildman–Crippen LogP) is 4.41. The van der Waals surface area contributed by atoms with E-state index >= 15 is 0 Å². The van der Waals surface area contributed by atoms with E-state index in [2.05, 4.69) is 22.5 Å². The SMILES string of the molecule is CC(CCc1ccccc1)NC(=O)CC1CSc2nc3c(cnn3-c3ccc(Cl)cc3)c(=O)n21. The molecule has 0 radical (unpaired) electrons. The van der Waals surface area contributed by atoms with Crippen LogP contribution < -0.4 is 10.9 Å². The molecule has 0 saturated carbocycles. The summed E-state index contributed by atoms with van der Waals surface area (Å²) in [7, 11) is 0. The van der Waals surface area contributed by atoms with E-state index in [-0.39, 0.29) is 30.0 Å². The molecule has 0 bridgehead atoms. The van der Waals surface area contributed by atoms with Crippen LogP contribution in [0.1, 0.15) is 31.4 Å². The molecule has 5 rings (SSSR count). The van der Waals surface area contributed by atoms with Gasteiger partial charge in [-0.25, -0.2) is 9.67 Å². The number of benzene rings is 2. The lowest BCUT2D eigenvalue weighted by molar-refractivity contribution is -0.122. The van der Waals surface area contributed by atoms with Gasteiger partial charge in [0.25, 0.3) is 5.56 Å². The zero-order valence-corrected chi connectivity index (χ0v) is 20.2. The van der Waals surface area contributed by atoms with Crippen LogP contribution in [0, 0.1) is 0 Å². The minimum Gasteiger partial charge on any atom is -0.354 e. The van der Waals surface area contributed by atoms with Gasteiger partial charge in [-0.3, -0.25) is 14.2 Å². The molecule has 2 unspecified atom stereocenters. The summed E-state index contributed by atoms with van der Waals surface area (Å²) < 4.78 is 3.29. The Morgan fingerprint density at radius 1 is 1.21 bits per heavy atom. The van der Waals surface area contributed by atoms with Crippen LogP contribution in [0.5, 0.6) is 0 Å². The number of amides is 1. The lowest BCUT2D eigenvalue weighted by atomic mass is 10.1. The highest BCUT2D eigenvalue weighted by molar-refractivity contribution is 7.99. The predicted molar refractivity (Wildman–Crippen MR) is 135 cm³/mol. The average Bonchev–Trinajstić information content (AvgIpc) is 3.44. The highest BCUT2D eigenvalue weighted by Crippen LogP contribution is 2.33. The summed E-state index contributed by atoms with van der Waals surface area (Å²) in [5.41, 5.74) is 2.37. The van der Waals surface area contributed by atoms with E-state index < -0.39 is 0 Å². The Morgan fingerprint density at radius 2 is 1.97 bits per heavy atom. The fourth-order valence-electron chi connectivity index (χ4n) is 4.20. The van der Waals surface area contributed by atoms with E-state index in [1.54, 1.807) is 27.6 Å². The van der Waals surface area contributed by atoms with E-state index in [0.29, 0.717) is 27.0 Å². The second-order valence-corrected chi connectivity index (χ2v) is 9.92. The Kier molecular flexibility index (Phi) is 6.43. The van der Waals surface area contributed by atoms with E-state index in [1.807, 2.05) is 37.3 Å². The molecular formula is C25H24ClN5O2S. The Morgan fingerprint density at radius 3 is 2.74 bits per heavy atom. The fourth-order valence-corrected chi connectivity index (χ4v) is 5.46. The van der Waals surface area contributed by atoms with E-state index in [1.165, 1.54) is 17.3 Å². The number of thioether (sulfide) groups is 1. The molecule has 2 aromatic heterocycles. The van der Waals surface area contributed by atoms with Crippen molar-refractivity contribution in [3.63, 3.8) is 0 Å². The molecular weight excluding hydrogens is 470 g/mol. The number of hydrogen-bond acceptors (Lipinski definition) is 5. The Balaban J connectivity index is 1.30. The van der Waals surface area contributed by atoms with Crippen molar-refractivity contribution in [1.82, 2.24) is 24.6 Å². The number of aryl methyl sites for hydroxylation is 1. The number of nitrogens with zero attached hydrogens (tertiary/aromatic N) is 4. The monoisotopic (exact) mass is 493 g/mol. The summed E-state index contributed by atoms with van der Waals surface area (Å²) in [6.45, 7) is 2.01. The standard InChI is InChI=1S/C25H24ClN5O2S/c1-16(7-8-17-5-3-2-4-6-17)28-22(32)13-20-15-34-25-29-23-21(24(33)30(20)25)14-27-31(23)19-11-9-18(26)10-12-19/h2-6,9-12,14,16,20H,7-8,13,15H2,1H3,(H,28,32). The maximum absolute atomic E-state index is 13.3. The second-order valence-electron chi connectivity index (χ2n) is 8.50. The summed E-state index contributed by atoms with van der Waals surface area (Å²) in [6, 6.07) is 17.3. The first-order valence-electron chi connectivity index (χ1n) is 11.2. The van der Waals surface area contributed by atoms with Crippen LogP contribution in [0.3, 0.4) is 0 Å². The molecule has 174 valence electrons. The van der Waals surface area contributed by atoms with Crippen molar-refractivity contribution < 1.29 is 4.79 Å². The van der Waals surface area contributed by atoms with Crippen molar-refractivity contribution in [3.8, 4) is 5.69 Å². The average molecular weight is 494 g/mol. The molecule has 3 heterocycles. The van der Waals surface area contributed by atoms with Gasteiger partial charge in [-0.2, -0.15) is 5.10 Å². The highest BCUT2D eigenvalue weighted by Gasteiger charge is 2.29. The van der Waals surface area contributed by atoms with Gasteiger partial charge in [0.15, 0.2) is 10.8 Å². The number of halogens is 1. The van der Waals surface area contributed by atoms with Crippen molar-refractivity contribution in [2.75, 3.05) is 5.75 Å². The molecule has 0 saturated heterocycles. The maximum Gasteiger partial charge on any atom is 0.265 e. The number of nitrogens with one attached hydrogen (secondary N) is 1. The molecule has 2 atom stereocenters. The lowest BCUT2D eigenvalue weighted by Crippen LogP contribution is -2.35. The smallest absolute Gasteiger partial charge is 0.265 e. The third kappa shape index (κ3) is 4.60. The number of carbonyl (C=O) groups is 1. The minimum atomic E-state index is -0.232. The van der Waals surface area contributed by atoms with Gasteiger partial charge in [-0.05, 0) is 49.6 Å². The Hall–Kier alpha value is -3.10. The molecule has 1 aliphatic rings. The van der Waals surface area contributed by atoms with Crippen molar-refractivity contribution >= 4 is 40.3 Å². The van der Waals surface area contributed by atoms with E-state index in [0.717, 1.165) is 18.5 Å². The molecule has 2 aromatic carbocycles. The van der Waals surface area contributed by atoms with Gasteiger partial charge < -0.3 is 5.32 Å². The number of fused-ring (bicyclic) bond motifs is 2. The number of rotatable bonds is 7. The van der Waals surface area contributed by atoms with Crippen LogP contribution in [0.2, 0.25) is 5.02 Å². The normalized spacial score (nSPS) is 15.9. The maximum atomic E-state index is 13.3. The molecule has 0 fully saturated rings. The number of carbonyl (C=O) groups excluding carboxylic acids is 1. The summed E-state index contributed by atoms with van der Waals surface area (Å²) in [5, 5.41) is 9.13. The molecule has 1 N–H and O–H groups in total. The minimum absolute atomic E-state index is 0.0520. The van der Waals surface area contributed by atoms with Gasteiger partial charge in [0.1, 0.15) is 5.39 Å². The third-order valence-corrected chi connectivity index (χ3v) is 7.33. The lowest BCUT2D eigenvalue weighted by Gasteiger charge is -2.17. The molecule has 7 nitrogen and oxygen atoms in total. The van der Waals surface area contributed by atoms with Crippen molar-refractivity contribution in [2.45, 2.75) is 43.4 Å². The summed E-state index contributed by atoms with van der Waals surface area (Å²) >= 11 is 7.49. The topological polar surface area (TPSA) is 81.8 Å².